The Bertz CT molecular complexity index is 316. The third-order valence-electron chi connectivity index (χ3n) is 3.98. The second-order valence-electron chi connectivity index (χ2n) is 6.21. The van der Waals surface area contributed by atoms with Gasteiger partial charge in [0, 0.05) is 25.8 Å². The van der Waals surface area contributed by atoms with Crippen LogP contribution in [0.25, 0.3) is 0 Å². The summed E-state index contributed by atoms with van der Waals surface area (Å²) >= 11 is 0. The van der Waals surface area contributed by atoms with Crippen LogP contribution in [0.15, 0.2) is 12.2 Å². The highest BCUT2D eigenvalue weighted by atomic mass is 28.3. The molecule has 0 rings (SSSR count). The standard InChI is InChI=1S/C18H36O4Si/c1-6-7-8-9-10-11-12-13-14-17(15-23(20-4)21-5)22-18(19)16(2)3/h17,23H,2,6-15H2,1,3-5H3. The van der Waals surface area contributed by atoms with E-state index in [0.717, 1.165) is 12.8 Å². The SMILES string of the molecule is C=C(C)C(=O)OC(CCCCCCCCCC)C[SiH](OC)OC. The number of rotatable bonds is 15. The van der Waals surface area contributed by atoms with E-state index in [9.17, 15) is 4.79 Å². The lowest BCUT2D eigenvalue weighted by molar-refractivity contribution is -0.143. The summed E-state index contributed by atoms with van der Waals surface area (Å²) in [6.07, 6.45) is 10.9. The summed E-state index contributed by atoms with van der Waals surface area (Å²) in [5.41, 5.74) is 0.443. The third-order valence-corrected chi connectivity index (χ3v) is 5.95. The molecule has 0 N–H and O–H groups in total. The lowest BCUT2D eigenvalue weighted by Gasteiger charge is -2.21. The summed E-state index contributed by atoms with van der Waals surface area (Å²) in [6, 6.07) is 0.697. The molecule has 0 saturated carbocycles. The molecule has 0 radical (unpaired) electrons. The molecule has 0 aliphatic carbocycles. The number of unbranched alkanes of at least 4 members (excludes halogenated alkanes) is 7. The second-order valence-corrected chi connectivity index (χ2v) is 8.48. The minimum absolute atomic E-state index is 0.115. The Balaban J connectivity index is 4.05. The van der Waals surface area contributed by atoms with Crippen molar-refractivity contribution in [3.05, 3.63) is 12.2 Å². The van der Waals surface area contributed by atoms with Crippen LogP contribution in [0.3, 0.4) is 0 Å². The monoisotopic (exact) mass is 344 g/mol. The maximum absolute atomic E-state index is 11.8. The molecule has 23 heavy (non-hydrogen) atoms. The van der Waals surface area contributed by atoms with Crippen LogP contribution in [0.4, 0.5) is 0 Å². The van der Waals surface area contributed by atoms with E-state index in [0.29, 0.717) is 11.6 Å². The largest absolute Gasteiger partial charge is 0.459 e. The van der Waals surface area contributed by atoms with Crippen molar-refractivity contribution in [3.8, 4) is 0 Å². The van der Waals surface area contributed by atoms with Crippen LogP contribution < -0.4 is 0 Å². The van der Waals surface area contributed by atoms with Gasteiger partial charge in [-0.1, -0.05) is 58.4 Å². The van der Waals surface area contributed by atoms with E-state index >= 15 is 0 Å². The number of hydrogen-bond acceptors (Lipinski definition) is 4. The molecule has 5 heteroatoms. The van der Waals surface area contributed by atoms with Gasteiger partial charge in [0.05, 0.1) is 0 Å². The molecule has 0 aromatic carbocycles. The lowest BCUT2D eigenvalue weighted by atomic mass is 10.1. The molecule has 1 atom stereocenters. The number of carbonyl (C=O) groups excluding carboxylic acids is 1. The average molecular weight is 345 g/mol. The molecule has 0 fully saturated rings. The third kappa shape index (κ3) is 12.4. The van der Waals surface area contributed by atoms with E-state index in [1.165, 1.54) is 44.9 Å². The Kier molecular flexibility index (Phi) is 14.5. The van der Waals surface area contributed by atoms with Crippen LogP contribution >= 0.6 is 0 Å². The predicted molar refractivity (Wildman–Crippen MR) is 97.9 cm³/mol. The summed E-state index contributed by atoms with van der Waals surface area (Å²) in [5.74, 6) is -0.311. The lowest BCUT2D eigenvalue weighted by Crippen LogP contribution is -2.29. The topological polar surface area (TPSA) is 44.8 Å². The van der Waals surface area contributed by atoms with Gasteiger partial charge in [0.2, 0.25) is 0 Å². The molecule has 0 amide bonds. The first-order chi connectivity index (χ1) is 11.0. The van der Waals surface area contributed by atoms with Crippen LogP contribution in [0, 0.1) is 0 Å². The molecule has 136 valence electrons. The van der Waals surface area contributed by atoms with Gasteiger partial charge in [-0.3, -0.25) is 0 Å². The smallest absolute Gasteiger partial charge is 0.333 e. The Labute approximate surface area is 144 Å². The number of hydrogen-bond donors (Lipinski definition) is 0. The maximum atomic E-state index is 11.8. The van der Waals surface area contributed by atoms with Gasteiger partial charge in [-0.05, 0) is 19.8 Å². The number of ether oxygens (including phenoxy) is 1. The fourth-order valence-corrected chi connectivity index (χ4v) is 3.82. The Morgan fingerprint density at radius 1 is 1.00 bits per heavy atom. The fourth-order valence-electron chi connectivity index (χ4n) is 2.49. The van der Waals surface area contributed by atoms with Crippen LogP contribution in [-0.4, -0.2) is 35.6 Å². The summed E-state index contributed by atoms with van der Waals surface area (Å²) < 4.78 is 16.3. The van der Waals surface area contributed by atoms with Gasteiger partial charge < -0.3 is 13.6 Å². The zero-order chi connectivity index (χ0) is 17.5. The van der Waals surface area contributed by atoms with Crippen molar-refractivity contribution >= 4 is 15.3 Å². The van der Waals surface area contributed by atoms with Crippen molar-refractivity contribution in [2.45, 2.75) is 83.8 Å². The van der Waals surface area contributed by atoms with Crippen molar-refractivity contribution in [3.63, 3.8) is 0 Å². The highest BCUT2D eigenvalue weighted by molar-refractivity contribution is 6.44. The minimum atomic E-state index is -1.73. The maximum Gasteiger partial charge on any atom is 0.333 e. The van der Waals surface area contributed by atoms with Crippen molar-refractivity contribution in [1.82, 2.24) is 0 Å². The molecular formula is C18H36O4Si. The van der Waals surface area contributed by atoms with Gasteiger partial charge in [-0.25, -0.2) is 4.79 Å². The summed E-state index contributed by atoms with van der Waals surface area (Å²) in [7, 11) is 1.60. The number of carbonyl (C=O) groups is 1. The second kappa shape index (κ2) is 14.9. The first kappa shape index (κ1) is 22.3. The van der Waals surface area contributed by atoms with E-state index in [2.05, 4.69) is 13.5 Å². The molecule has 4 nitrogen and oxygen atoms in total. The summed E-state index contributed by atoms with van der Waals surface area (Å²) in [6.45, 7) is 7.56. The van der Waals surface area contributed by atoms with Crippen LogP contribution in [0.1, 0.15) is 71.6 Å². The van der Waals surface area contributed by atoms with Gasteiger partial charge in [0.1, 0.15) is 6.10 Å². The number of esters is 1. The van der Waals surface area contributed by atoms with Gasteiger partial charge in [0.15, 0.2) is 0 Å². The normalized spacial score (nSPS) is 12.4. The van der Waals surface area contributed by atoms with Crippen molar-refractivity contribution in [2.24, 2.45) is 0 Å². The van der Waals surface area contributed by atoms with Crippen LogP contribution in [-0.2, 0) is 18.4 Å². The Morgan fingerprint density at radius 2 is 1.52 bits per heavy atom. The van der Waals surface area contributed by atoms with E-state index in [-0.39, 0.29) is 12.1 Å². The molecular weight excluding hydrogens is 308 g/mol. The first-order valence-electron chi connectivity index (χ1n) is 8.97. The summed E-state index contributed by atoms with van der Waals surface area (Å²) in [4.78, 5) is 11.8. The zero-order valence-corrected chi connectivity index (χ0v) is 16.7. The van der Waals surface area contributed by atoms with Crippen molar-refractivity contribution < 1.29 is 18.4 Å². The van der Waals surface area contributed by atoms with Crippen molar-refractivity contribution in [2.75, 3.05) is 14.2 Å². The molecule has 0 aliphatic heterocycles. The highest BCUT2D eigenvalue weighted by Gasteiger charge is 2.22. The minimum Gasteiger partial charge on any atom is -0.459 e. The Hall–Kier alpha value is -0.653. The molecule has 0 aromatic rings. The molecule has 0 aromatic heterocycles. The summed E-state index contributed by atoms with van der Waals surface area (Å²) in [5, 5.41) is 0. The van der Waals surface area contributed by atoms with Crippen LogP contribution in [0.2, 0.25) is 6.04 Å². The van der Waals surface area contributed by atoms with E-state index < -0.39 is 9.28 Å². The quantitative estimate of drug-likeness (QED) is 0.190. The van der Waals surface area contributed by atoms with Crippen molar-refractivity contribution in [1.29, 1.82) is 0 Å². The molecule has 0 aliphatic rings. The molecule has 0 saturated heterocycles. The van der Waals surface area contributed by atoms with Gasteiger partial charge in [-0.15, -0.1) is 0 Å². The zero-order valence-electron chi connectivity index (χ0n) is 15.6. The first-order valence-corrected chi connectivity index (χ1v) is 10.7. The van der Waals surface area contributed by atoms with E-state index in [1.807, 2.05) is 0 Å². The molecule has 0 heterocycles. The van der Waals surface area contributed by atoms with Gasteiger partial charge in [0.25, 0.3) is 0 Å². The molecule has 0 bridgehead atoms. The van der Waals surface area contributed by atoms with Gasteiger partial charge >= 0.3 is 15.3 Å². The fraction of sp³-hybridized carbons (Fsp3) is 0.833. The van der Waals surface area contributed by atoms with E-state index in [1.54, 1.807) is 21.1 Å². The predicted octanol–water partition coefficient (Wildman–Crippen LogP) is 4.52. The highest BCUT2D eigenvalue weighted by Crippen LogP contribution is 2.17. The van der Waals surface area contributed by atoms with Gasteiger partial charge in [-0.2, -0.15) is 0 Å². The average Bonchev–Trinajstić information content (AvgIpc) is 2.54. The molecule has 1 unspecified atom stereocenters. The van der Waals surface area contributed by atoms with Crippen LogP contribution in [0.5, 0.6) is 0 Å². The molecule has 0 spiro atoms. The van der Waals surface area contributed by atoms with E-state index in [4.69, 9.17) is 13.6 Å². The Morgan fingerprint density at radius 3 is 2.00 bits per heavy atom.